The van der Waals surface area contributed by atoms with Crippen LogP contribution in [0.15, 0.2) is 157 Å². The van der Waals surface area contributed by atoms with Gasteiger partial charge in [0, 0.05) is 18.0 Å². The number of aromatic nitrogens is 1. The zero-order valence-corrected chi connectivity index (χ0v) is 31.4. The van der Waals surface area contributed by atoms with Gasteiger partial charge in [0.2, 0.25) is 0 Å². The molecule has 0 saturated heterocycles. The van der Waals surface area contributed by atoms with Gasteiger partial charge in [-0.2, -0.15) is 0 Å². The molecule has 0 radical (unpaired) electrons. The van der Waals surface area contributed by atoms with Gasteiger partial charge in [-0.15, -0.1) is 0 Å². The number of benzene rings is 4. The summed E-state index contributed by atoms with van der Waals surface area (Å²) in [6.07, 6.45) is 24.5. The van der Waals surface area contributed by atoms with Crippen LogP contribution in [-0.4, -0.2) is 4.98 Å². The SMILES string of the molecule is C=c1cccc/c1=C(C(/C=C\C)=C(/CC)CC(/C=C\CC)CC/C=C\C(C)CC)\c1cccc2c(-c3cccc(-c4cccnc4)c3)cccc12. The summed E-state index contributed by atoms with van der Waals surface area (Å²) in [6, 6.07) is 35.2. The Bertz CT molecular complexity index is 2130. The lowest BCUT2D eigenvalue weighted by molar-refractivity contribution is 0.579. The molecule has 0 bridgehead atoms. The van der Waals surface area contributed by atoms with Crippen molar-refractivity contribution in [3.05, 3.63) is 173 Å². The number of hydrogen-bond donors (Lipinski definition) is 0. The van der Waals surface area contributed by atoms with Crippen molar-refractivity contribution in [1.82, 2.24) is 4.98 Å². The third kappa shape index (κ3) is 9.41. The maximum absolute atomic E-state index is 4.56. The molecule has 5 aromatic rings. The van der Waals surface area contributed by atoms with Crippen LogP contribution >= 0.6 is 0 Å². The standard InChI is InChI=1S/C50H55N/c1-7-11-23-39(24-14-12-21-37(5)9-3)34-40(10-4)46(20-8-2)50(44-28-15-13-22-38(44)6)49-32-18-30-47-45(29-17-31-48(47)49)42-26-16-25-41(35-42)43-27-19-33-51-36-43/h8,11-13,15-23,25-33,35-37,39H,6-7,9-10,14,24,34H2,1-5H3/b20-8-,21-12-,23-11-,46-40-,50-44+. The second kappa shape index (κ2) is 18.8. The summed E-state index contributed by atoms with van der Waals surface area (Å²) in [5.74, 6) is 1.11. The number of rotatable bonds is 15. The summed E-state index contributed by atoms with van der Waals surface area (Å²) in [4.78, 5) is 4.37. The second-order valence-electron chi connectivity index (χ2n) is 13.6. The number of pyridine rings is 1. The van der Waals surface area contributed by atoms with Crippen LogP contribution in [0.5, 0.6) is 0 Å². The third-order valence-corrected chi connectivity index (χ3v) is 10.0. The second-order valence-corrected chi connectivity index (χ2v) is 13.6. The first-order valence-electron chi connectivity index (χ1n) is 19.0. The van der Waals surface area contributed by atoms with E-state index in [2.05, 4.69) is 174 Å². The van der Waals surface area contributed by atoms with E-state index in [0.717, 1.165) is 42.9 Å². The average Bonchev–Trinajstić information content (AvgIpc) is 3.17. The molecule has 0 aliphatic rings. The Morgan fingerprint density at radius 2 is 1.55 bits per heavy atom. The Kier molecular flexibility index (Phi) is 13.8. The fraction of sp³-hybridized carbons (Fsp3) is 0.260. The zero-order chi connectivity index (χ0) is 36.0. The fourth-order valence-corrected chi connectivity index (χ4v) is 7.05. The molecule has 4 aromatic carbocycles. The van der Waals surface area contributed by atoms with Gasteiger partial charge < -0.3 is 0 Å². The third-order valence-electron chi connectivity index (χ3n) is 10.0. The van der Waals surface area contributed by atoms with E-state index in [1.165, 1.54) is 61.4 Å². The van der Waals surface area contributed by atoms with E-state index < -0.39 is 0 Å². The molecule has 5 rings (SSSR count). The van der Waals surface area contributed by atoms with E-state index in [1.807, 2.05) is 18.5 Å². The van der Waals surface area contributed by atoms with Gasteiger partial charge in [-0.3, -0.25) is 4.98 Å². The Balaban J connectivity index is 1.70. The first kappa shape index (κ1) is 37.3. The predicted molar refractivity (Wildman–Crippen MR) is 224 cm³/mol. The molecule has 0 amide bonds. The molecule has 0 saturated carbocycles. The number of nitrogens with zero attached hydrogens (tertiary/aromatic N) is 1. The number of fused-ring (bicyclic) bond motifs is 1. The highest BCUT2D eigenvalue weighted by Gasteiger charge is 2.18. The molecule has 0 fully saturated rings. The molecule has 1 heteroatoms. The van der Waals surface area contributed by atoms with Crippen molar-refractivity contribution in [1.29, 1.82) is 0 Å². The smallest absolute Gasteiger partial charge is 0.0346 e. The van der Waals surface area contributed by atoms with Crippen LogP contribution in [0.4, 0.5) is 0 Å². The van der Waals surface area contributed by atoms with Crippen molar-refractivity contribution in [2.75, 3.05) is 0 Å². The molecular weight excluding hydrogens is 615 g/mol. The summed E-state index contributed by atoms with van der Waals surface area (Å²) in [7, 11) is 0. The van der Waals surface area contributed by atoms with Crippen molar-refractivity contribution in [3.8, 4) is 22.3 Å². The van der Waals surface area contributed by atoms with E-state index in [-0.39, 0.29) is 0 Å². The summed E-state index contributed by atoms with van der Waals surface area (Å²) < 4.78 is 0. The predicted octanol–water partition coefficient (Wildman–Crippen LogP) is 12.8. The highest BCUT2D eigenvalue weighted by molar-refractivity contribution is 6.05. The number of hydrogen-bond acceptors (Lipinski definition) is 1. The van der Waals surface area contributed by atoms with Crippen LogP contribution in [0.25, 0.3) is 45.2 Å². The maximum Gasteiger partial charge on any atom is 0.0346 e. The van der Waals surface area contributed by atoms with Gasteiger partial charge in [-0.1, -0.05) is 168 Å². The Morgan fingerprint density at radius 1 is 0.784 bits per heavy atom. The summed E-state index contributed by atoms with van der Waals surface area (Å²) in [6.45, 7) is 15.8. The van der Waals surface area contributed by atoms with Gasteiger partial charge in [0.1, 0.15) is 0 Å². The highest BCUT2D eigenvalue weighted by atomic mass is 14.6. The molecule has 0 aliphatic carbocycles. The quantitative estimate of drug-likeness (QED) is 0.0798. The van der Waals surface area contributed by atoms with Crippen LogP contribution in [0.1, 0.15) is 78.7 Å². The molecule has 1 aromatic heterocycles. The van der Waals surface area contributed by atoms with Crippen molar-refractivity contribution >= 4 is 22.9 Å². The van der Waals surface area contributed by atoms with Crippen LogP contribution in [0, 0.1) is 11.8 Å². The molecule has 260 valence electrons. The summed E-state index contributed by atoms with van der Waals surface area (Å²) in [5.41, 5.74) is 10.0. The van der Waals surface area contributed by atoms with E-state index in [4.69, 9.17) is 0 Å². The molecular formula is C50H55N. The topological polar surface area (TPSA) is 12.9 Å². The van der Waals surface area contributed by atoms with Gasteiger partial charge in [0.25, 0.3) is 0 Å². The van der Waals surface area contributed by atoms with Crippen molar-refractivity contribution in [2.45, 2.75) is 73.1 Å². The first-order valence-corrected chi connectivity index (χ1v) is 19.0. The Labute approximate surface area is 307 Å². The molecule has 0 aliphatic heterocycles. The number of allylic oxidation sites excluding steroid dienone is 8. The Hall–Kier alpha value is -5.01. The maximum atomic E-state index is 4.56. The van der Waals surface area contributed by atoms with Gasteiger partial charge >= 0.3 is 0 Å². The molecule has 1 heterocycles. The van der Waals surface area contributed by atoms with Crippen molar-refractivity contribution in [3.63, 3.8) is 0 Å². The van der Waals surface area contributed by atoms with E-state index >= 15 is 0 Å². The van der Waals surface area contributed by atoms with E-state index in [0.29, 0.717) is 11.8 Å². The molecule has 0 N–H and O–H groups in total. The minimum absolute atomic E-state index is 0.476. The lowest BCUT2D eigenvalue weighted by atomic mass is 9.83. The molecule has 51 heavy (non-hydrogen) atoms. The van der Waals surface area contributed by atoms with Crippen LogP contribution in [0.3, 0.4) is 0 Å². The lowest BCUT2D eigenvalue weighted by Gasteiger charge is -2.21. The van der Waals surface area contributed by atoms with Crippen LogP contribution < -0.4 is 10.4 Å². The Morgan fingerprint density at radius 3 is 2.29 bits per heavy atom. The summed E-state index contributed by atoms with van der Waals surface area (Å²) >= 11 is 0. The zero-order valence-electron chi connectivity index (χ0n) is 31.4. The molecule has 2 unspecified atom stereocenters. The molecule has 2 atom stereocenters. The van der Waals surface area contributed by atoms with Gasteiger partial charge in [0.15, 0.2) is 0 Å². The monoisotopic (exact) mass is 669 g/mol. The lowest BCUT2D eigenvalue weighted by Crippen LogP contribution is -2.26. The largest absolute Gasteiger partial charge is 0.264 e. The van der Waals surface area contributed by atoms with E-state index in [9.17, 15) is 0 Å². The minimum atomic E-state index is 0.476. The average molecular weight is 670 g/mol. The highest BCUT2D eigenvalue weighted by Crippen LogP contribution is 2.38. The van der Waals surface area contributed by atoms with Crippen LogP contribution in [-0.2, 0) is 0 Å². The molecule has 0 spiro atoms. The van der Waals surface area contributed by atoms with Crippen LogP contribution in [0.2, 0.25) is 0 Å². The minimum Gasteiger partial charge on any atom is -0.264 e. The van der Waals surface area contributed by atoms with E-state index in [1.54, 1.807) is 0 Å². The van der Waals surface area contributed by atoms with Gasteiger partial charge in [0.05, 0.1) is 0 Å². The van der Waals surface area contributed by atoms with Crippen molar-refractivity contribution < 1.29 is 0 Å². The van der Waals surface area contributed by atoms with Gasteiger partial charge in [-0.05, 0) is 118 Å². The van der Waals surface area contributed by atoms with Gasteiger partial charge in [-0.25, -0.2) is 0 Å². The first-order chi connectivity index (χ1) is 25.0. The normalized spacial score (nSPS) is 14.4. The fourth-order valence-electron chi connectivity index (χ4n) is 7.05. The van der Waals surface area contributed by atoms with Crippen molar-refractivity contribution in [2.24, 2.45) is 11.8 Å². The summed E-state index contributed by atoms with van der Waals surface area (Å²) in [5, 5.41) is 4.72. The molecule has 1 nitrogen and oxygen atoms in total.